The number of aliphatic imine (C=N–C) groups is 1. The zero-order chi connectivity index (χ0) is 22.0. The third-order valence-electron chi connectivity index (χ3n) is 5.56. The van der Waals surface area contributed by atoms with Gasteiger partial charge in [-0.3, -0.25) is 9.69 Å². The van der Waals surface area contributed by atoms with Gasteiger partial charge < -0.3 is 4.74 Å². The number of amides is 1. The number of methoxy groups -OCH3 is 1. The molecule has 2 fully saturated rings. The van der Waals surface area contributed by atoms with Crippen molar-refractivity contribution in [2.24, 2.45) is 4.99 Å². The first kappa shape index (κ1) is 22.6. The first-order valence-electron chi connectivity index (χ1n) is 10.4. The zero-order valence-electron chi connectivity index (χ0n) is 17.5. The second kappa shape index (κ2) is 9.92. The molecule has 0 N–H and O–H groups in total. The van der Waals surface area contributed by atoms with Gasteiger partial charge in [-0.1, -0.05) is 37.0 Å². The molecule has 1 aliphatic carbocycles. The lowest BCUT2D eigenvalue weighted by Crippen LogP contribution is -2.40. The zero-order valence-corrected chi connectivity index (χ0v) is 21.5. The quantitative estimate of drug-likeness (QED) is 0.362. The van der Waals surface area contributed by atoms with E-state index in [1.165, 1.54) is 23.7 Å². The highest BCUT2D eigenvalue weighted by atomic mass is 79.9. The number of halogens is 2. The molecule has 2 aromatic rings. The van der Waals surface area contributed by atoms with Gasteiger partial charge >= 0.3 is 0 Å². The molecule has 4 nitrogen and oxygen atoms in total. The minimum Gasteiger partial charge on any atom is -0.494 e. The summed E-state index contributed by atoms with van der Waals surface area (Å²) in [6.07, 6.45) is 7.57. The summed E-state index contributed by atoms with van der Waals surface area (Å²) in [5, 5.41) is 0.777. The molecule has 0 atom stereocenters. The van der Waals surface area contributed by atoms with Crippen molar-refractivity contribution in [3.63, 3.8) is 0 Å². The average molecular weight is 564 g/mol. The van der Waals surface area contributed by atoms with Crippen molar-refractivity contribution in [1.29, 1.82) is 0 Å². The first-order chi connectivity index (χ1) is 15.0. The van der Waals surface area contributed by atoms with Crippen LogP contribution in [0.1, 0.15) is 43.2 Å². The summed E-state index contributed by atoms with van der Waals surface area (Å²) < 4.78 is 7.07. The second-order valence-electron chi connectivity index (χ2n) is 7.83. The van der Waals surface area contributed by atoms with Crippen molar-refractivity contribution in [3.8, 4) is 5.75 Å². The van der Waals surface area contributed by atoms with Crippen molar-refractivity contribution in [1.82, 2.24) is 4.90 Å². The summed E-state index contributed by atoms with van der Waals surface area (Å²) >= 11 is 8.56. The molecular weight excluding hydrogens is 540 g/mol. The van der Waals surface area contributed by atoms with Crippen LogP contribution in [-0.2, 0) is 4.79 Å². The molecule has 31 heavy (non-hydrogen) atoms. The normalized spacial score (nSPS) is 20.1. The Morgan fingerprint density at radius 3 is 2.35 bits per heavy atom. The lowest BCUT2D eigenvalue weighted by molar-refractivity contribution is -0.124. The second-order valence-corrected chi connectivity index (χ2v) is 10.5. The lowest BCUT2D eigenvalue weighted by atomic mass is 9.94. The summed E-state index contributed by atoms with van der Waals surface area (Å²) in [6, 6.07) is 12.3. The Morgan fingerprint density at radius 2 is 1.74 bits per heavy atom. The molecule has 4 rings (SSSR count). The molecule has 1 aliphatic heterocycles. The third kappa shape index (κ3) is 5.10. The van der Waals surface area contributed by atoms with Gasteiger partial charge in [-0.2, -0.15) is 0 Å². The van der Waals surface area contributed by atoms with Gasteiger partial charge in [-0.25, -0.2) is 4.99 Å². The highest BCUT2D eigenvalue weighted by Crippen LogP contribution is 2.40. The Labute approximate surface area is 204 Å². The Balaban J connectivity index is 1.71. The van der Waals surface area contributed by atoms with Crippen LogP contribution in [0.15, 0.2) is 55.2 Å². The molecule has 1 amide bonds. The number of thioether (sulfide) groups is 1. The highest BCUT2D eigenvalue weighted by Gasteiger charge is 2.38. The largest absolute Gasteiger partial charge is 0.494 e. The van der Waals surface area contributed by atoms with Crippen molar-refractivity contribution < 1.29 is 9.53 Å². The average Bonchev–Trinajstić information content (AvgIpc) is 3.05. The lowest BCUT2D eigenvalue weighted by Gasteiger charge is -2.30. The van der Waals surface area contributed by atoms with Crippen molar-refractivity contribution in [2.75, 3.05) is 7.11 Å². The molecule has 0 unspecified atom stereocenters. The molecule has 1 saturated heterocycles. The maximum Gasteiger partial charge on any atom is 0.267 e. The predicted octanol–water partition coefficient (Wildman–Crippen LogP) is 7.47. The van der Waals surface area contributed by atoms with Crippen LogP contribution in [0.25, 0.3) is 6.08 Å². The highest BCUT2D eigenvalue weighted by molar-refractivity contribution is 9.11. The van der Waals surface area contributed by atoms with Crippen LogP contribution in [0.4, 0.5) is 5.69 Å². The summed E-state index contributed by atoms with van der Waals surface area (Å²) in [5.41, 5.74) is 2.99. The minimum absolute atomic E-state index is 0.0471. The Hall–Kier alpha value is -1.57. The van der Waals surface area contributed by atoms with E-state index in [9.17, 15) is 4.79 Å². The van der Waals surface area contributed by atoms with Gasteiger partial charge in [0.15, 0.2) is 5.17 Å². The van der Waals surface area contributed by atoms with E-state index in [0.29, 0.717) is 4.91 Å². The van der Waals surface area contributed by atoms with E-state index >= 15 is 0 Å². The SMILES string of the molecule is COc1c(Br)cc(/C=C2/SC(=Nc3ccc(C)cc3)N(C3CCCCC3)C2=O)cc1Br. The molecule has 162 valence electrons. The van der Waals surface area contributed by atoms with Gasteiger partial charge in [-0.15, -0.1) is 0 Å². The summed E-state index contributed by atoms with van der Waals surface area (Å²) in [7, 11) is 1.63. The minimum atomic E-state index is 0.0471. The topological polar surface area (TPSA) is 41.9 Å². The van der Waals surface area contributed by atoms with Gasteiger partial charge in [0.25, 0.3) is 5.91 Å². The number of nitrogens with zero attached hydrogens (tertiary/aromatic N) is 2. The number of aryl methyl sites for hydroxylation is 1. The molecule has 0 spiro atoms. The van der Waals surface area contributed by atoms with E-state index in [1.807, 2.05) is 35.2 Å². The number of rotatable bonds is 4. The van der Waals surface area contributed by atoms with E-state index < -0.39 is 0 Å². The number of hydrogen-bond acceptors (Lipinski definition) is 4. The summed E-state index contributed by atoms with van der Waals surface area (Å²) in [4.78, 5) is 21.0. The van der Waals surface area contributed by atoms with Gasteiger partial charge in [0.1, 0.15) is 5.75 Å². The van der Waals surface area contributed by atoms with Gasteiger partial charge in [-0.05, 0) is 99.3 Å². The van der Waals surface area contributed by atoms with Crippen LogP contribution in [0.2, 0.25) is 0 Å². The van der Waals surface area contributed by atoms with Crippen molar-refractivity contribution >= 4 is 66.5 Å². The van der Waals surface area contributed by atoms with Crippen LogP contribution in [0.3, 0.4) is 0 Å². The van der Waals surface area contributed by atoms with Gasteiger partial charge in [0.2, 0.25) is 0 Å². The van der Waals surface area contributed by atoms with E-state index in [1.54, 1.807) is 7.11 Å². The predicted molar refractivity (Wildman–Crippen MR) is 136 cm³/mol. The number of benzene rings is 2. The maximum atomic E-state index is 13.5. The van der Waals surface area contributed by atoms with E-state index in [0.717, 1.165) is 56.8 Å². The Kier molecular flexibility index (Phi) is 7.24. The molecule has 2 aromatic carbocycles. The van der Waals surface area contributed by atoms with Crippen molar-refractivity contribution in [3.05, 3.63) is 61.4 Å². The number of hydrogen-bond donors (Lipinski definition) is 0. The molecule has 2 aliphatic rings. The molecule has 0 aromatic heterocycles. The number of carbonyl (C=O) groups is 1. The smallest absolute Gasteiger partial charge is 0.267 e. The van der Waals surface area contributed by atoms with E-state index in [-0.39, 0.29) is 11.9 Å². The van der Waals surface area contributed by atoms with E-state index in [4.69, 9.17) is 9.73 Å². The summed E-state index contributed by atoms with van der Waals surface area (Å²) in [6.45, 7) is 2.06. The Bertz CT molecular complexity index is 1020. The Morgan fingerprint density at radius 1 is 1.10 bits per heavy atom. The van der Waals surface area contributed by atoms with E-state index in [2.05, 4.69) is 50.9 Å². The molecule has 0 radical (unpaired) electrons. The maximum absolute atomic E-state index is 13.5. The van der Waals surface area contributed by atoms with Crippen LogP contribution >= 0.6 is 43.6 Å². The van der Waals surface area contributed by atoms with Gasteiger partial charge in [0.05, 0.1) is 26.6 Å². The third-order valence-corrected chi connectivity index (χ3v) is 7.72. The molecular formula is C24H24Br2N2O2S. The molecule has 1 heterocycles. The summed E-state index contributed by atoms with van der Waals surface area (Å²) in [5.74, 6) is 0.781. The fourth-order valence-corrected chi connectivity index (χ4v) is 6.57. The standard InChI is InChI=1S/C24H24Br2N2O2S/c1-15-8-10-17(11-9-15)27-24-28(18-6-4-3-5-7-18)23(29)21(31-24)14-16-12-19(25)22(30-2)20(26)13-16/h8-14,18H,3-7H2,1-2H3/b21-14+,27-24?. The molecule has 1 saturated carbocycles. The molecule has 0 bridgehead atoms. The number of ether oxygens (including phenoxy) is 1. The van der Waals surface area contributed by atoms with Crippen molar-refractivity contribution in [2.45, 2.75) is 45.1 Å². The van der Waals surface area contributed by atoms with Gasteiger partial charge in [0, 0.05) is 6.04 Å². The number of amidine groups is 1. The van der Waals surface area contributed by atoms with Crippen LogP contribution < -0.4 is 4.74 Å². The van der Waals surface area contributed by atoms with Crippen LogP contribution in [-0.4, -0.2) is 29.1 Å². The first-order valence-corrected chi connectivity index (χ1v) is 12.8. The van der Waals surface area contributed by atoms with Crippen LogP contribution in [0, 0.1) is 6.92 Å². The number of carbonyl (C=O) groups excluding carboxylic acids is 1. The monoisotopic (exact) mass is 562 g/mol. The fraction of sp³-hybridized carbons (Fsp3) is 0.333. The van der Waals surface area contributed by atoms with Crippen LogP contribution in [0.5, 0.6) is 5.75 Å². The molecule has 7 heteroatoms. The fourth-order valence-electron chi connectivity index (χ4n) is 3.96.